The van der Waals surface area contributed by atoms with Crippen molar-refractivity contribution >= 4 is 38.1 Å². The Morgan fingerprint density at radius 1 is 1.00 bits per heavy atom. The van der Waals surface area contributed by atoms with Gasteiger partial charge in [-0.05, 0) is 66.9 Å². The molecular formula is C27H30BrN3O5S. The highest BCUT2D eigenvalue weighted by Gasteiger charge is 2.26. The van der Waals surface area contributed by atoms with E-state index in [-0.39, 0.29) is 11.4 Å². The first-order valence-electron chi connectivity index (χ1n) is 11.8. The molecule has 0 heterocycles. The van der Waals surface area contributed by atoms with Gasteiger partial charge in [0.05, 0.1) is 30.9 Å². The Labute approximate surface area is 226 Å². The molecule has 0 bridgehead atoms. The molecule has 0 aliphatic heterocycles. The van der Waals surface area contributed by atoms with E-state index in [0.29, 0.717) is 30.3 Å². The lowest BCUT2D eigenvalue weighted by Crippen LogP contribution is -2.39. The Morgan fingerprint density at radius 3 is 2.41 bits per heavy atom. The SMILES string of the molecule is CCCOc1ccc(/C=N\NC(=O)CN(Cc2ccc(Br)cc2)S(=O)(=O)c2ccccc2)cc1OCC. The Bertz CT molecular complexity index is 1300. The number of carbonyl (C=O) groups excluding carboxylic acids is 1. The van der Waals surface area contributed by atoms with Gasteiger partial charge in [-0.3, -0.25) is 4.79 Å². The number of halogens is 1. The first-order chi connectivity index (χ1) is 17.8. The number of nitrogens with one attached hydrogen (secondary N) is 1. The van der Waals surface area contributed by atoms with Crippen molar-refractivity contribution in [2.45, 2.75) is 31.7 Å². The van der Waals surface area contributed by atoms with Crippen LogP contribution in [0.3, 0.4) is 0 Å². The summed E-state index contributed by atoms with van der Waals surface area (Å²) < 4.78 is 40.0. The van der Waals surface area contributed by atoms with E-state index in [2.05, 4.69) is 26.5 Å². The lowest BCUT2D eigenvalue weighted by atomic mass is 10.2. The van der Waals surface area contributed by atoms with Gasteiger partial charge >= 0.3 is 0 Å². The summed E-state index contributed by atoms with van der Waals surface area (Å²) in [7, 11) is -3.93. The van der Waals surface area contributed by atoms with Gasteiger partial charge in [0.15, 0.2) is 11.5 Å². The van der Waals surface area contributed by atoms with Crippen LogP contribution in [0.2, 0.25) is 0 Å². The predicted octanol–water partition coefficient (Wildman–Crippen LogP) is 4.98. The molecule has 196 valence electrons. The summed E-state index contributed by atoms with van der Waals surface area (Å²) in [6.07, 6.45) is 2.34. The van der Waals surface area contributed by atoms with Crippen molar-refractivity contribution in [2.75, 3.05) is 19.8 Å². The van der Waals surface area contributed by atoms with Gasteiger partial charge in [-0.2, -0.15) is 9.41 Å². The summed E-state index contributed by atoms with van der Waals surface area (Å²) in [6, 6.07) is 20.6. The number of ether oxygens (including phenoxy) is 2. The average Bonchev–Trinajstić information content (AvgIpc) is 2.90. The van der Waals surface area contributed by atoms with Gasteiger partial charge in [0.2, 0.25) is 10.0 Å². The Morgan fingerprint density at radius 2 is 1.73 bits per heavy atom. The summed E-state index contributed by atoms with van der Waals surface area (Å²) >= 11 is 3.38. The fourth-order valence-corrected chi connectivity index (χ4v) is 5.01. The molecule has 0 radical (unpaired) electrons. The van der Waals surface area contributed by atoms with Gasteiger partial charge in [-0.15, -0.1) is 0 Å². The highest BCUT2D eigenvalue weighted by molar-refractivity contribution is 9.10. The van der Waals surface area contributed by atoms with Gasteiger partial charge in [0.25, 0.3) is 5.91 Å². The van der Waals surface area contributed by atoms with E-state index >= 15 is 0 Å². The lowest BCUT2D eigenvalue weighted by Gasteiger charge is -2.21. The quantitative estimate of drug-likeness (QED) is 0.225. The number of sulfonamides is 1. The molecular weight excluding hydrogens is 558 g/mol. The highest BCUT2D eigenvalue weighted by Crippen LogP contribution is 2.28. The van der Waals surface area contributed by atoms with Crippen LogP contribution in [0, 0.1) is 0 Å². The normalized spacial score (nSPS) is 11.6. The average molecular weight is 589 g/mol. The molecule has 0 fully saturated rings. The summed E-state index contributed by atoms with van der Waals surface area (Å²) in [5.41, 5.74) is 3.86. The van der Waals surface area contributed by atoms with Crippen LogP contribution in [-0.2, 0) is 21.4 Å². The zero-order valence-electron chi connectivity index (χ0n) is 20.8. The van der Waals surface area contributed by atoms with Crippen LogP contribution in [0.25, 0.3) is 0 Å². The molecule has 0 aromatic heterocycles. The molecule has 3 aromatic carbocycles. The highest BCUT2D eigenvalue weighted by atomic mass is 79.9. The fourth-order valence-electron chi connectivity index (χ4n) is 3.34. The number of benzene rings is 3. The van der Waals surface area contributed by atoms with Gasteiger partial charge in [0, 0.05) is 11.0 Å². The zero-order valence-corrected chi connectivity index (χ0v) is 23.2. The number of rotatable bonds is 13. The van der Waals surface area contributed by atoms with E-state index in [0.717, 1.165) is 20.8 Å². The second-order valence-electron chi connectivity index (χ2n) is 7.99. The minimum atomic E-state index is -3.93. The molecule has 0 unspecified atom stereocenters. The molecule has 10 heteroatoms. The molecule has 37 heavy (non-hydrogen) atoms. The van der Waals surface area contributed by atoms with Gasteiger partial charge < -0.3 is 9.47 Å². The van der Waals surface area contributed by atoms with Crippen LogP contribution in [-0.4, -0.2) is 44.6 Å². The van der Waals surface area contributed by atoms with E-state index in [9.17, 15) is 13.2 Å². The van der Waals surface area contributed by atoms with Crippen molar-refractivity contribution in [2.24, 2.45) is 5.10 Å². The monoisotopic (exact) mass is 587 g/mol. The van der Waals surface area contributed by atoms with Crippen molar-refractivity contribution in [1.82, 2.24) is 9.73 Å². The molecule has 0 saturated heterocycles. The Kier molecular flexibility index (Phi) is 10.7. The van der Waals surface area contributed by atoms with E-state index in [1.807, 2.05) is 26.0 Å². The van der Waals surface area contributed by atoms with Crippen LogP contribution >= 0.6 is 15.9 Å². The first-order valence-corrected chi connectivity index (χ1v) is 14.1. The van der Waals surface area contributed by atoms with E-state index < -0.39 is 22.5 Å². The van der Waals surface area contributed by atoms with Crippen molar-refractivity contribution in [3.05, 3.63) is 88.4 Å². The molecule has 0 atom stereocenters. The minimum absolute atomic E-state index is 0.0264. The van der Waals surface area contributed by atoms with Crippen LogP contribution in [0.1, 0.15) is 31.4 Å². The molecule has 0 aliphatic rings. The van der Waals surface area contributed by atoms with Crippen LogP contribution in [0.5, 0.6) is 11.5 Å². The van der Waals surface area contributed by atoms with E-state index in [4.69, 9.17) is 9.47 Å². The maximum absolute atomic E-state index is 13.3. The Balaban J connectivity index is 1.73. The third-order valence-corrected chi connectivity index (χ3v) is 7.44. The van der Waals surface area contributed by atoms with Crippen LogP contribution in [0.4, 0.5) is 0 Å². The molecule has 0 aliphatic carbocycles. The van der Waals surface area contributed by atoms with Crippen molar-refractivity contribution in [3.8, 4) is 11.5 Å². The number of hydrazone groups is 1. The molecule has 8 nitrogen and oxygen atoms in total. The zero-order chi connectivity index (χ0) is 26.7. The van der Waals surface area contributed by atoms with E-state index in [1.54, 1.807) is 48.5 Å². The Hall–Kier alpha value is -3.21. The summed E-state index contributed by atoms with van der Waals surface area (Å²) in [6.45, 7) is 4.58. The third-order valence-electron chi connectivity index (χ3n) is 5.11. The lowest BCUT2D eigenvalue weighted by molar-refractivity contribution is -0.121. The predicted molar refractivity (Wildman–Crippen MR) is 147 cm³/mol. The van der Waals surface area contributed by atoms with Gasteiger partial charge in [0.1, 0.15) is 0 Å². The topological polar surface area (TPSA) is 97.3 Å². The maximum atomic E-state index is 13.3. The number of carbonyl (C=O) groups is 1. The summed E-state index contributed by atoms with van der Waals surface area (Å²) in [4.78, 5) is 12.8. The van der Waals surface area contributed by atoms with Crippen LogP contribution < -0.4 is 14.9 Å². The smallest absolute Gasteiger partial charge is 0.255 e. The van der Waals surface area contributed by atoms with Crippen molar-refractivity contribution < 1.29 is 22.7 Å². The summed E-state index contributed by atoms with van der Waals surface area (Å²) in [5, 5.41) is 4.01. The van der Waals surface area contributed by atoms with Crippen molar-refractivity contribution in [1.29, 1.82) is 0 Å². The van der Waals surface area contributed by atoms with E-state index in [1.165, 1.54) is 18.3 Å². The number of hydrogen-bond donors (Lipinski definition) is 1. The molecule has 3 aromatic rings. The minimum Gasteiger partial charge on any atom is -0.490 e. The number of hydrogen-bond acceptors (Lipinski definition) is 6. The van der Waals surface area contributed by atoms with Crippen molar-refractivity contribution in [3.63, 3.8) is 0 Å². The van der Waals surface area contributed by atoms with Gasteiger partial charge in [-0.25, -0.2) is 13.8 Å². The summed E-state index contributed by atoms with van der Waals surface area (Å²) in [5.74, 6) is 0.654. The second kappa shape index (κ2) is 13.9. The molecule has 1 amide bonds. The first kappa shape index (κ1) is 28.4. The molecule has 1 N–H and O–H groups in total. The fraction of sp³-hybridized carbons (Fsp3) is 0.259. The maximum Gasteiger partial charge on any atom is 0.255 e. The molecule has 0 saturated carbocycles. The van der Waals surface area contributed by atoms with Crippen LogP contribution in [0.15, 0.2) is 87.3 Å². The van der Waals surface area contributed by atoms with Gasteiger partial charge in [-0.1, -0.05) is 53.2 Å². The largest absolute Gasteiger partial charge is 0.490 e. The second-order valence-corrected chi connectivity index (χ2v) is 10.8. The standard InChI is InChI=1S/C27H30BrN3O5S/c1-3-16-36-25-15-12-22(17-26(25)35-4-2)18-29-30-27(32)20-31(19-21-10-13-23(28)14-11-21)37(33,34)24-8-6-5-7-9-24/h5-15,17-18H,3-4,16,19-20H2,1-2H3,(H,30,32)/b29-18-. The molecule has 3 rings (SSSR count). The molecule has 0 spiro atoms. The third kappa shape index (κ3) is 8.41. The number of amides is 1. The number of nitrogens with zero attached hydrogens (tertiary/aromatic N) is 2.